The first-order chi connectivity index (χ1) is 14.6. The zero-order valence-corrected chi connectivity index (χ0v) is 17.5. The summed E-state index contributed by atoms with van der Waals surface area (Å²) in [5.74, 6) is -0.802. The Morgan fingerprint density at radius 1 is 1.13 bits per heavy atom. The highest BCUT2D eigenvalue weighted by molar-refractivity contribution is 6.06. The predicted molar refractivity (Wildman–Crippen MR) is 120 cm³/mol. The number of nitrogens with one attached hydrogen (secondary N) is 1. The minimum Gasteiger partial charge on any atom is -0.490 e. The lowest BCUT2D eigenvalue weighted by molar-refractivity contribution is 0.102. The number of allylic oxidation sites excluding steroid dienone is 2. The van der Waals surface area contributed by atoms with Crippen LogP contribution in [0, 0.1) is 12.7 Å². The highest BCUT2D eigenvalue weighted by atomic mass is 19.1. The van der Waals surface area contributed by atoms with Gasteiger partial charge in [-0.1, -0.05) is 37.6 Å². The SMILES string of the molecule is CCCC=CCCCOc1cccc(NC(=O)c2ccc3nc(C)ccc3c2)c1F. The number of fused-ring (bicyclic) bond motifs is 1. The van der Waals surface area contributed by atoms with Crippen LogP contribution in [0.4, 0.5) is 10.1 Å². The molecule has 1 heterocycles. The molecule has 0 aliphatic heterocycles. The average Bonchev–Trinajstić information content (AvgIpc) is 2.75. The molecule has 0 aliphatic rings. The Morgan fingerprint density at radius 2 is 1.97 bits per heavy atom. The number of pyridine rings is 1. The van der Waals surface area contributed by atoms with Crippen LogP contribution in [-0.2, 0) is 0 Å². The molecular weight excluding hydrogens is 379 g/mol. The van der Waals surface area contributed by atoms with Gasteiger partial charge in [-0.15, -0.1) is 0 Å². The van der Waals surface area contributed by atoms with E-state index in [0.717, 1.165) is 42.3 Å². The quantitative estimate of drug-likeness (QED) is 0.328. The van der Waals surface area contributed by atoms with Crippen LogP contribution in [0.3, 0.4) is 0 Å². The fourth-order valence-electron chi connectivity index (χ4n) is 3.07. The molecule has 30 heavy (non-hydrogen) atoms. The number of halogens is 1. The van der Waals surface area contributed by atoms with Gasteiger partial charge in [0.1, 0.15) is 0 Å². The molecule has 1 aromatic heterocycles. The van der Waals surface area contributed by atoms with Crippen molar-refractivity contribution in [2.45, 2.75) is 39.5 Å². The van der Waals surface area contributed by atoms with Gasteiger partial charge in [-0.2, -0.15) is 0 Å². The summed E-state index contributed by atoms with van der Waals surface area (Å²) < 4.78 is 20.3. The summed E-state index contributed by atoms with van der Waals surface area (Å²) in [6.45, 7) is 4.48. The van der Waals surface area contributed by atoms with Gasteiger partial charge in [0.05, 0.1) is 17.8 Å². The Kier molecular flexibility index (Phi) is 7.55. The minimum atomic E-state index is -0.564. The molecule has 3 rings (SSSR count). The minimum absolute atomic E-state index is 0.0995. The fourth-order valence-corrected chi connectivity index (χ4v) is 3.07. The molecule has 4 nitrogen and oxygen atoms in total. The lowest BCUT2D eigenvalue weighted by Crippen LogP contribution is -2.13. The van der Waals surface area contributed by atoms with Gasteiger partial charge in [-0.05, 0) is 62.6 Å². The lowest BCUT2D eigenvalue weighted by atomic mass is 10.1. The predicted octanol–water partition coefficient (Wildman–Crippen LogP) is 6.45. The largest absolute Gasteiger partial charge is 0.490 e. The second kappa shape index (κ2) is 10.5. The highest BCUT2D eigenvalue weighted by Gasteiger charge is 2.13. The molecular formula is C25H27FN2O2. The molecule has 1 N–H and O–H groups in total. The molecule has 2 aromatic carbocycles. The van der Waals surface area contributed by atoms with Crippen molar-refractivity contribution < 1.29 is 13.9 Å². The number of unbranched alkanes of at least 4 members (excludes halogenated alkanes) is 2. The molecule has 0 bridgehead atoms. The summed E-state index contributed by atoms with van der Waals surface area (Å²) in [5.41, 5.74) is 2.27. The zero-order valence-electron chi connectivity index (χ0n) is 17.5. The third-order valence-corrected chi connectivity index (χ3v) is 4.70. The molecule has 0 spiro atoms. The Hall–Kier alpha value is -3.21. The molecule has 0 saturated heterocycles. The van der Waals surface area contributed by atoms with E-state index in [-0.39, 0.29) is 17.3 Å². The average molecular weight is 407 g/mol. The molecule has 3 aromatic rings. The van der Waals surface area contributed by atoms with Crippen LogP contribution < -0.4 is 10.1 Å². The summed E-state index contributed by atoms with van der Waals surface area (Å²) in [6, 6.07) is 13.8. The third-order valence-electron chi connectivity index (χ3n) is 4.70. The first-order valence-corrected chi connectivity index (χ1v) is 10.3. The van der Waals surface area contributed by atoms with E-state index in [2.05, 4.69) is 29.4 Å². The first kappa shape index (κ1) is 21.5. The van der Waals surface area contributed by atoms with Crippen molar-refractivity contribution >= 4 is 22.5 Å². The second-order valence-electron chi connectivity index (χ2n) is 7.18. The van der Waals surface area contributed by atoms with Gasteiger partial charge in [-0.25, -0.2) is 4.39 Å². The molecule has 0 atom stereocenters. The Labute approximate surface area is 176 Å². The number of nitrogens with zero attached hydrogens (tertiary/aromatic N) is 1. The van der Waals surface area contributed by atoms with Crippen molar-refractivity contribution in [2.24, 2.45) is 0 Å². The van der Waals surface area contributed by atoms with Crippen molar-refractivity contribution in [3.63, 3.8) is 0 Å². The lowest BCUT2D eigenvalue weighted by Gasteiger charge is -2.11. The van der Waals surface area contributed by atoms with Crippen LogP contribution in [0.1, 0.15) is 48.7 Å². The molecule has 0 radical (unpaired) electrons. The number of hydrogen-bond acceptors (Lipinski definition) is 3. The topological polar surface area (TPSA) is 51.2 Å². The van der Waals surface area contributed by atoms with E-state index in [4.69, 9.17) is 4.74 Å². The molecule has 0 aliphatic carbocycles. The first-order valence-electron chi connectivity index (χ1n) is 10.3. The number of aryl methyl sites for hydroxylation is 1. The van der Waals surface area contributed by atoms with Crippen molar-refractivity contribution in [1.82, 2.24) is 4.98 Å². The van der Waals surface area contributed by atoms with Crippen LogP contribution in [0.25, 0.3) is 10.9 Å². The number of ether oxygens (including phenoxy) is 1. The number of rotatable bonds is 9. The van der Waals surface area contributed by atoms with E-state index in [1.165, 1.54) is 6.07 Å². The summed E-state index contributed by atoms with van der Waals surface area (Å²) in [6.07, 6.45) is 8.19. The normalized spacial score (nSPS) is 11.2. The molecule has 0 unspecified atom stereocenters. The van der Waals surface area contributed by atoms with E-state index >= 15 is 0 Å². The van der Waals surface area contributed by atoms with Gasteiger partial charge < -0.3 is 10.1 Å². The fraction of sp³-hybridized carbons (Fsp3) is 0.280. The number of carbonyl (C=O) groups is 1. The number of carbonyl (C=O) groups excluding carboxylic acids is 1. The summed E-state index contributed by atoms with van der Waals surface area (Å²) in [7, 11) is 0. The van der Waals surface area contributed by atoms with E-state index in [9.17, 15) is 9.18 Å². The number of hydrogen-bond donors (Lipinski definition) is 1. The summed E-state index contributed by atoms with van der Waals surface area (Å²) >= 11 is 0. The van der Waals surface area contributed by atoms with Crippen molar-refractivity contribution in [3.8, 4) is 5.75 Å². The number of aromatic nitrogens is 1. The second-order valence-corrected chi connectivity index (χ2v) is 7.18. The molecule has 0 fully saturated rings. The van der Waals surface area contributed by atoms with Gasteiger partial charge in [-0.3, -0.25) is 9.78 Å². The third kappa shape index (κ3) is 5.66. The van der Waals surface area contributed by atoms with Crippen LogP contribution >= 0.6 is 0 Å². The smallest absolute Gasteiger partial charge is 0.255 e. The molecule has 1 amide bonds. The standard InChI is InChI=1S/C25H27FN2O2/c1-3-4-5-6-7-8-16-30-23-11-9-10-22(24(23)26)28-25(29)20-14-15-21-19(17-20)13-12-18(2)27-21/h5-6,9-15,17H,3-4,7-8,16H2,1-2H3,(H,28,29). The van der Waals surface area contributed by atoms with Gasteiger partial charge in [0, 0.05) is 16.6 Å². The monoisotopic (exact) mass is 406 g/mol. The molecule has 156 valence electrons. The van der Waals surface area contributed by atoms with E-state index < -0.39 is 5.82 Å². The van der Waals surface area contributed by atoms with Crippen LogP contribution in [0.2, 0.25) is 0 Å². The van der Waals surface area contributed by atoms with E-state index in [1.807, 2.05) is 19.1 Å². The van der Waals surface area contributed by atoms with Crippen LogP contribution in [-0.4, -0.2) is 17.5 Å². The maximum atomic E-state index is 14.8. The van der Waals surface area contributed by atoms with Gasteiger partial charge >= 0.3 is 0 Å². The van der Waals surface area contributed by atoms with Gasteiger partial charge in [0.25, 0.3) is 5.91 Å². The number of anilines is 1. The number of benzene rings is 2. The Balaban J connectivity index is 1.63. The van der Waals surface area contributed by atoms with Gasteiger partial charge in [0.2, 0.25) is 0 Å². The maximum Gasteiger partial charge on any atom is 0.255 e. The van der Waals surface area contributed by atoms with E-state index in [1.54, 1.807) is 30.3 Å². The Bertz CT molecular complexity index is 1050. The van der Waals surface area contributed by atoms with E-state index in [0.29, 0.717) is 12.2 Å². The summed E-state index contributed by atoms with van der Waals surface area (Å²) in [4.78, 5) is 17.1. The molecule has 5 heteroatoms. The van der Waals surface area contributed by atoms with Crippen molar-refractivity contribution in [2.75, 3.05) is 11.9 Å². The van der Waals surface area contributed by atoms with Crippen LogP contribution in [0.15, 0.2) is 60.7 Å². The van der Waals surface area contributed by atoms with Crippen molar-refractivity contribution in [3.05, 3.63) is 77.8 Å². The number of amides is 1. The molecule has 0 saturated carbocycles. The van der Waals surface area contributed by atoms with Crippen molar-refractivity contribution in [1.29, 1.82) is 0 Å². The van der Waals surface area contributed by atoms with Crippen LogP contribution in [0.5, 0.6) is 5.75 Å². The summed E-state index contributed by atoms with van der Waals surface area (Å²) in [5, 5.41) is 3.50. The Morgan fingerprint density at radius 3 is 2.80 bits per heavy atom. The zero-order chi connectivity index (χ0) is 21.3. The highest BCUT2D eigenvalue weighted by Crippen LogP contribution is 2.25. The maximum absolute atomic E-state index is 14.8. The van der Waals surface area contributed by atoms with Gasteiger partial charge in [0.15, 0.2) is 11.6 Å².